The first-order chi connectivity index (χ1) is 28.8. The van der Waals surface area contributed by atoms with Crippen molar-refractivity contribution in [2.75, 3.05) is 53.5 Å². The fraction of sp³-hybridized carbons (Fsp3) is 0.833. The quantitative estimate of drug-likeness (QED) is 0.162. The summed E-state index contributed by atoms with van der Waals surface area (Å²) < 4.78 is 23.2. The Morgan fingerprint density at radius 3 is 1.29 bits per heavy atom. The van der Waals surface area contributed by atoms with Gasteiger partial charge >= 0.3 is 12.2 Å². The highest BCUT2D eigenvalue weighted by Gasteiger charge is 2.48. The summed E-state index contributed by atoms with van der Waals surface area (Å²) in [6, 6.07) is 0. The first-order valence-corrected chi connectivity index (χ1v) is 23.4. The minimum Gasteiger partial charge on any atom is -0.444 e. The summed E-state index contributed by atoms with van der Waals surface area (Å²) in [5.41, 5.74) is 7.16. The van der Waals surface area contributed by atoms with E-state index in [-0.39, 0.29) is 23.4 Å². The molecule has 14 nitrogen and oxygen atoms in total. The van der Waals surface area contributed by atoms with E-state index in [2.05, 4.69) is 86.3 Å². The Morgan fingerprint density at radius 1 is 0.661 bits per heavy atom. The van der Waals surface area contributed by atoms with E-state index in [9.17, 15) is 9.59 Å². The number of H-pyrrole nitrogens is 2. The fourth-order valence-corrected chi connectivity index (χ4v) is 10.2. The second-order valence-corrected chi connectivity index (χ2v) is 22.9. The SMILES string of the molecule is Cc1[nH]nc(C2CCC3(CC2)CC(C)(C)CO3)c1CN(C)CCNC(=O)OC(C)(C)C.Cc1[nH]nc(C2CCC3(CC2)CC(C)(C)CO3)c1CN(C)CCNC(=O)OC(C)(C)C. The molecule has 62 heavy (non-hydrogen) atoms. The maximum Gasteiger partial charge on any atom is 0.407 e. The molecule has 4 aliphatic rings. The molecule has 2 saturated heterocycles. The number of aromatic amines is 2. The molecule has 0 bridgehead atoms. The number of alkyl carbamates (subject to hydrolysis) is 2. The molecule has 2 aliphatic heterocycles. The van der Waals surface area contributed by atoms with E-state index in [1.807, 2.05) is 41.5 Å². The summed E-state index contributed by atoms with van der Waals surface area (Å²) in [5, 5.41) is 21.5. The van der Waals surface area contributed by atoms with E-state index in [4.69, 9.17) is 29.1 Å². The van der Waals surface area contributed by atoms with Crippen LogP contribution in [0.25, 0.3) is 0 Å². The summed E-state index contributed by atoms with van der Waals surface area (Å²) in [5.74, 6) is 0.984. The standard InChI is InChI=1S/2C24H42N4O3/c2*1-17-19(14-28(7)13-12-25-21(29)31-22(2,3)4)20(27-26-17)18-8-10-24(11-9-18)15-23(5,6)16-30-24/h2*18H,8-16H2,1-7H3,(H,25,29)(H,26,27). The van der Waals surface area contributed by atoms with E-state index < -0.39 is 11.2 Å². The first kappa shape index (κ1) is 49.8. The highest BCUT2D eigenvalue weighted by atomic mass is 16.6. The average molecular weight is 869 g/mol. The third-order valence-electron chi connectivity index (χ3n) is 13.1. The van der Waals surface area contributed by atoms with Gasteiger partial charge in [0.2, 0.25) is 0 Å². The van der Waals surface area contributed by atoms with Crippen LogP contribution in [0, 0.1) is 24.7 Å². The maximum atomic E-state index is 11.8. The predicted molar refractivity (Wildman–Crippen MR) is 244 cm³/mol. The van der Waals surface area contributed by atoms with Crippen LogP contribution in [0.3, 0.4) is 0 Å². The van der Waals surface area contributed by atoms with Crippen LogP contribution in [0.5, 0.6) is 0 Å². The largest absolute Gasteiger partial charge is 0.444 e. The van der Waals surface area contributed by atoms with E-state index in [0.29, 0.717) is 35.8 Å². The van der Waals surface area contributed by atoms with Gasteiger partial charge < -0.3 is 39.4 Å². The summed E-state index contributed by atoms with van der Waals surface area (Å²) in [4.78, 5) is 28.1. The molecule has 4 N–H and O–H groups in total. The van der Waals surface area contributed by atoms with Gasteiger partial charge in [-0.25, -0.2) is 9.59 Å². The van der Waals surface area contributed by atoms with Gasteiger partial charge in [0, 0.05) is 73.6 Å². The highest BCUT2D eigenvalue weighted by molar-refractivity contribution is 5.68. The zero-order valence-corrected chi connectivity index (χ0v) is 41.1. The van der Waals surface area contributed by atoms with Gasteiger partial charge in [0.05, 0.1) is 35.8 Å². The second kappa shape index (κ2) is 19.9. The monoisotopic (exact) mass is 869 g/mol. The van der Waals surface area contributed by atoms with Crippen LogP contribution >= 0.6 is 0 Å². The van der Waals surface area contributed by atoms with Gasteiger partial charge in [0.25, 0.3) is 0 Å². The number of nitrogens with zero attached hydrogens (tertiary/aromatic N) is 4. The number of rotatable bonds is 12. The molecule has 4 fully saturated rings. The lowest BCUT2D eigenvalue weighted by Gasteiger charge is -2.37. The Kier molecular flexibility index (Phi) is 16.0. The molecule has 2 aliphatic carbocycles. The van der Waals surface area contributed by atoms with E-state index in [1.54, 1.807) is 0 Å². The number of aryl methyl sites for hydroxylation is 2. The molecule has 0 unspecified atom stereocenters. The lowest BCUT2D eigenvalue weighted by Crippen LogP contribution is -2.37. The number of carbonyl (C=O) groups is 2. The van der Waals surface area contributed by atoms with Crippen molar-refractivity contribution < 1.29 is 28.5 Å². The molecule has 2 aromatic heterocycles. The maximum absolute atomic E-state index is 11.8. The summed E-state index contributed by atoms with van der Waals surface area (Å²) in [6.07, 6.45) is 10.7. The van der Waals surface area contributed by atoms with Gasteiger partial charge in [0.1, 0.15) is 11.2 Å². The Hall–Kier alpha value is -3.20. The van der Waals surface area contributed by atoms with Gasteiger partial charge in [-0.1, -0.05) is 27.7 Å². The van der Waals surface area contributed by atoms with Crippen molar-refractivity contribution in [3.63, 3.8) is 0 Å². The van der Waals surface area contributed by atoms with Crippen LogP contribution < -0.4 is 10.6 Å². The highest BCUT2D eigenvalue weighted by Crippen LogP contribution is 2.51. The molecule has 2 spiro atoms. The van der Waals surface area contributed by atoms with E-state index >= 15 is 0 Å². The molecule has 2 aromatic rings. The van der Waals surface area contributed by atoms with Crippen molar-refractivity contribution in [1.82, 2.24) is 40.8 Å². The van der Waals surface area contributed by atoms with Crippen molar-refractivity contribution in [1.29, 1.82) is 0 Å². The number of amides is 2. The number of carbonyl (C=O) groups excluding carboxylic acids is 2. The Balaban J connectivity index is 0.000000234. The minimum atomic E-state index is -0.476. The number of ether oxygens (including phenoxy) is 4. The van der Waals surface area contributed by atoms with Crippen molar-refractivity contribution in [2.45, 2.75) is 195 Å². The van der Waals surface area contributed by atoms with Gasteiger partial charge in [-0.05, 0) is 145 Å². The molecule has 4 heterocycles. The summed E-state index contributed by atoms with van der Waals surface area (Å²) in [6.45, 7) is 30.7. The lowest BCUT2D eigenvalue weighted by molar-refractivity contribution is -0.0298. The molecule has 2 amide bonds. The third kappa shape index (κ3) is 14.4. The molecule has 0 radical (unpaired) electrons. The molecule has 14 heteroatoms. The Bertz CT molecular complexity index is 1640. The van der Waals surface area contributed by atoms with E-state index in [0.717, 1.165) is 102 Å². The molecule has 352 valence electrons. The summed E-state index contributed by atoms with van der Waals surface area (Å²) >= 11 is 0. The van der Waals surface area contributed by atoms with Crippen LogP contribution in [-0.4, -0.2) is 118 Å². The number of nitrogens with one attached hydrogen (secondary N) is 4. The lowest BCUT2D eigenvalue weighted by atomic mass is 9.72. The van der Waals surface area contributed by atoms with Crippen LogP contribution in [0.15, 0.2) is 0 Å². The smallest absolute Gasteiger partial charge is 0.407 e. The van der Waals surface area contributed by atoms with Crippen molar-refractivity contribution in [3.8, 4) is 0 Å². The molecule has 0 aromatic carbocycles. The zero-order chi connectivity index (χ0) is 45.7. The van der Waals surface area contributed by atoms with Crippen molar-refractivity contribution >= 4 is 12.2 Å². The number of aromatic nitrogens is 4. The van der Waals surface area contributed by atoms with Gasteiger partial charge in [-0.15, -0.1) is 0 Å². The minimum absolute atomic E-state index is 0.0929. The molecular weight excluding hydrogens is 785 g/mol. The number of hydrogen-bond donors (Lipinski definition) is 4. The average Bonchev–Trinajstić information content (AvgIpc) is 3.87. The van der Waals surface area contributed by atoms with Crippen LogP contribution in [-0.2, 0) is 32.0 Å². The number of likely N-dealkylation sites (N-methyl/N-ethyl adjacent to an activating group) is 2. The fourth-order valence-electron chi connectivity index (χ4n) is 10.2. The van der Waals surface area contributed by atoms with Crippen LogP contribution in [0.4, 0.5) is 9.59 Å². The topological polar surface area (TPSA) is 159 Å². The molecule has 6 rings (SSSR count). The van der Waals surface area contributed by atoms with Crippen LogP contribution in [0.1, 0.15) is 179 Å². The molecular formula is C48H84N8O6. The number of hydrogen-bond acceptors (Lipinski definition) is 10. The third-order valence-corrected chi connectivity index (χ3v) is 13.1. The van der Waals surface area contributed by atoms with Crippen molar-refractivity contribution in [3.05, 3.63) is 33.9 Å². The van der Waals surface area contributed by atoms with Gasteiger partial charge in [0.15, 0.2) is 0 Å². The predicted octanol–water partition coefficient (Wildman–Crippen LogP) is 9.04. The normalized spacial score (nSPS) is 25.9. The van der Waals surface area contributed by atoms with Crippen LogP contribution in [0.2, 0.25) is 0 Å². The summed E-state index contributed by atoms with van der Waals surface area (Å²) in [7, 11) is 4.16. The van der Waals surface area contributed by atoms with Gasteiger partial charge in [-0.2, -0.15) is 10.2 Å². The molecule has 2 saturated carbocycles. The van der Waals surface area contributed by atoms with E-state index in [1.165, 1.54) is 35.4 Å². The first-order valence-electron chi connectivity index (χ1n) is 23.4. The molecule has 0 atom stereocenters. The van der Waals surface area contributed by atoms with Gasteiger partial charge in [-0.3, -0.25) is 10.2 Å². The Labute approximate surface area is 373 Å². The Morgan fingerprint density at radius 2 is 1.00 bits per heavy atom. The second-order valence-electron chi connectivity index (χ2n) is 22.9. The van der Waals surface area contributed by atoms with Crippen molar-refractivity contribution in [2.24, 2.45) is 10.8 Å². The zero-order valence-electron chi connectivity index (χ0n) is 41.1.